The molecule has 0 aliphatic carbocycles. The first-order chi connectivity index (χ1) is 10.9. The van der Waals surface area contributed by atoms with E-state index in [4.69, 9.17) is 5.11 Å². The van der Waals surface area contributed by atoms with Gasteiger partial charge in [-0.3, -0.25) is 9.48 Å². The summed E-state index contributed by atoms with van der Waals surface area (Å²) in [5, 5.41) is 13.1. The summed E-state index contributed by atoms with van der Waals surface area (Å²) >= 11 is 0. The third-order valence-electron chi connectivity index (χ3n) is 4.11. The molecule has 6 nitrogen and oxygen atoms in total. The number of hydrogen-bond acceptors (Lipinski definition) is 3. The summed E-state index contributed by atoms with van der Waals surface area (Å²) < 4.78 is 15.8. The van der Waals surface area contributed by atoms with Crippen LogP contribution in [0, 0.1) is 0 Å². The van der Waals surface area contributed by atoms with Crippen molar-refractivity contribution in [2.24, 2.45) is 7.05 Å². The van der Waals surface area contributed by atoms with E-state index < -0.39 is 24.1 Å². The summed E-state index contributed by atoms with van der Waals surface area (Å²) in [7, 11) is 1.72. The maximum Gasteiger partial charge on any atom is 0.343 e. The molecule has 3 rings (SSSR count). The summed E-state index contributed by atoms with van der Waals surface area (Å²) in [5.41, 5.74) is -0.583. The zero-order chi connectivity index (χ0) is 16.6. The lowest BCUT2D eigenvalue weighted by molar-refractivity contribution is -0.149. The first-order valence-electron chi connectivity index (χ1n) is 7.21. The number of nitrogens with zero attached hydrogens (tertiary/aromatic N) is 3. The summed E-state index contributed by atoms with van der Waals surface area (Å²) in [4.78, 5) is 24.9. The van der Waals surface area contributed by atoms with Crippen LogP contribution in [0.3, 0.4) is 0 Å². The molecule has 7 heteroatoms. The van der Waals surface area contributed by atoms with Crippen molar-refractivity contribution in [3.8, 4) is 11.3 Å². The highest BCUT2D eigenvalue weighted by atomic mass is 19.1. The Labute approximate surface area is 132 Å². The van der Waals surface area contributed by atoms with Gasteiger partial charge in [0.05, 0.1) is 24.0 Å². The maximum absolute atomic E-state index is 14.2. The number of carboxylic acid groups (broad SMARTS) is 1. The fraction of sp³-hybridized carbons (Fsp3) is 0.312. The highest BCUT2D eigenvalue weighted by Crippen LogP contribution is 2.30. The van der Waals surface area contributed by atoms with Crippen molar-refractivity contribution in [3.05, 3.63) is 42.1 Å². The Morgan fingerprint density at radius 2 is 2.00 bits per heavy atom. The molecule has 1 aliphatic rings. The summed E-state index contributed by atoms with van der Waals surface area (Å²) in [6.07, 6.45) is 1.23. The molecular weight excluding hydrogens is 301 g/mol. The zero-order valence-electron chi connectivity index (χ0n) is 12.6. The molecule has 1 amide bonds. The Bertz CT molecular complexity index is 759. The normalized spacial score (nSPS) is 20.7. The SMILES string of the molecule is Cn1ncc(C(=O)N2CCC(F)(C(=O)O)C2)c1-c1ccccc1. The van der Waals surface area contributed by atoms with Gasteiger partial charge < -0.3 is 10.0 Å². The molecule has 1 aliphatic heterocycles. The van der Waals surface area contributed by atoms with E-state index in [9.17, 15) is 14.0 Å². The second-order valence-corrected chi connectivity index (χ2v) is 5.64. The predicted octanol–water partition coefficient (Wildman–Crippen LogP) is 1.73. The van der Waals surface area contributed by atoms with E-state index in [0.29, 0.717) is 11.3 Å². The van der Waals surface area contributed by atoms with Gasteiger partial charge in [-0.05, 0) is 0 Å². The van der Waals surface area contributed by atoms with Crippen LogP contribution in [0.5, 0.6) is 0 Å². The van der Waals surface area contributed by atoms with Crippen LogP contribution in [-0.2, 0) is 11.8 Å². The minimum absolute atomic E-state index is 0.0742. The number of aromatic nitrogens is 2. The van der Waals surface area contributed by atoms with Crippen LogP contribution in [0.1, 0.15) is 16.8 Å². The minimum atomic E-state index is -2.37. The number of amides is 1. The Kier molecular flexibility index (Phi) is 3.63. The molecule has 0 bridgehead atoms. The lowest BCUT2D eigenvalue weighted by Crippen LogP contribution is -2.39. The fourth-order valence-corrected chi connectivity index (χ4v) is 2.82. The first-order valence-corrected chi connectivity index (χ1v) is 7.21. The standard InChI is InChI=1S/C16H16FN3O3/c1-19-13(11-5-3-2-4-6-11)12(9-18-19)14(21)20-8-7-16(17,10-20)15(22)23/h2-6,9H,7-8,10H2,1H3,(H,22,23). The average molecular weight is 317 g/mol. The molecule has 1 aromatic carbocycles. The van der Waals surface area contributed by atoms with Gasteiger partial charge in [0.1, 0.15) is 0 Å². The van der Waals surface area contributed by atoms with Gasteiger partial charge >= 0.3 is 5.97 Å². The molecule has 1 unspecified atom stereocenters. The summed E-state index contributed by atoms with van der Waals surface area (Å²) in [6, 6.07) is 9.28. The van der Waals surface area contributed by atoms with Crippen molar-refractivity contribution in [2.45, 2.75) is 12.1 Å². The third kappa shape index (κ3) is 2.58. The molecule has 0 saturated carbocycles. The third-order valence-corrected chi connectivity index (χ3v) is 4.11. The zero-order valence-corrected chi connectivity index (χ0v) is 12.6. The Balaban J connectivity index is 1.92. The highest BCUT2D eigenvalue weighted by Gasteiger charge is 2.47. The Morgan fingerprint density at radius 1 is 1.30 bits per heavy atom. The van der Waals surface area contributed by atoms with E-state index in [2.05, 4.69) is 5.10 Å². The number of hydrogen-bond donors (Lipinski definition) is 1. The van der Waals surface area contributed by atoms with Gasteiger partial charge in [0.2, 0.25) is 5.67 Å². The largest absolute Gasteiger partial charge is 0.479 e. The van der Waals surface area contributed by atoms with Crippen molar-refractivity contribution >= 4 is 11.9 Å². The molecule has 1 saturated heterocycles. The molecule has 1 aromatic heterocycles. The number of carboxylic acids is 1. The minimum Gasteiger partial charge on any atom is -0.479 e. The Hall–Kier alpha value is -2.70. The van der Waals surface area contributed by atoms with E-state index in [-0.39, 0.29) is 13.0 Å². The molecule has 1 N–H and O–H groups in total. The molecule has 0 spiro atoms. The van der Waals surface area contributed by atoms with Crippen LogP contribution < -0.4 is 0 Å². The fourth-order valence-electron chi connectivity index (χ4n) is 2.82. The van der Waals surface area contributed by atoms with E-state index in [1.54, 1.807) is 11.7 Å². The number of carbonyl (C=O) groups is 2. The average Bonchev–Trinajstić information content (AvgIpc) is 3.12. The molecule has 2 aromatic rings. The van der Waals surface area contributed by atoms with Gasteiger partial charge in [0.25, 0.3) is 5.91 Å². The van der Waals surface area contributed by atoms with Crippen molar-refractivity contribution in [1.82, 2.24) is 14.7 Å². The number of benzene rings is 1. The van der Waals surface area contributed by atoms with Crippen LogP contribution in [0.4, 0.5) is 4.39 Å². The van der Waals surface area contributed by atoms with E-state index in [0.717, 1.165) is 5.56 Å². The van der Waals surface area contributed by atoms with Gasteiger partial charge in [-0.25, -0.2) is 9.18 Å². The van der Waals surface area contributed by atoms with Gasteiger partial charge in [-0.2, -0.15) is 5.10 Å². The van der Waals surface area contributed by atoms with Gasteiger partial charge in [-0.1, -0.05) is 30.3 Å². The Morgan fingerprint density at radius 3 is 2.61 bits per heavy atom. The monoisotopic (exact) mass is 317 g/mol. The van der Waals surface area contributed by atoms with Gasteiger partial charge in [0.15, 0.2) is 0 Å². The molecule has 1 atom stereocenters. The van der Waals surface area contributed by atoms with Crippen LogP contribution in [0.15, 0.2) is 36.5 Å². The number of halogens is 1. The van der Waals surface area contributed by atoms with E-state index in [1.807, 2.05) is 30.3 Å². The quantitative estimate of drug-likeness (QED) is 0.935. The topological polar surface area (TPSA) is 75.4 Å². The van der Waals surface area contributed by atoms with Gasteiger partial charge in [-0.15, -0.1) is 0 Å². The molecule has 1 fully saturated rings. The van der Waals surface area contributed by atoms with Crippen LogP contribution >= 0.6 is 0 Å². The highest BCUT2D eigenvalue weighted by molar-refractivity contribution is 6.00. The second kappa shape index (κ2) is 5.49. The number of alkyl halides is 1. The van der Waals surface area contributed by atoms with E-state index in [1.165, 1.54) is 11.1 Å². The first kappa shape index (κ1) is 15.2. The van der Waals surface area contributed by atoms with Gasteiger partial charge in [0, 0.05) is 25.6 Å². The number of aliphatic carboxylic acids is 1. The molecule has 120 valence electrons. The van der Waals surface area contributed by atoms with Crippen molar-refractivity contribution < 1.29 is 19.1 Å². The molecule has 23 heavy (non-hydrogen) atoms. The smallest absolute Gasteiger partial charge is 0.343 e. The number of rotatable bonds is 3. The summed E-state index contributed by atoms with van der Waals surface area (Å²) in [5.74, 6) is -1.93. The van der Waals surface area contributed by atoms with Crippen molar-refractivity contribution in [1.29, 1.82) is 0 Å². The number of aryl methyl sites for hydroxylation is 1. The van der Waals surface area contributed by atoms with Crippen LogP contribution in [0.25, 0.3) is 11.3 Å². The number of likely N-dealkylation sites (tertiary alicyclic amines) is 1. The molecule has 0 radical (unpaired) electrons. The lowest BCUT2D eigenvalue weighted by atomic mass is 10.1. The van der Waals surface area contributed by atoms with Crippen LogP contribution in [0.2, 0.25) is 0 Å². The molecular formula is C16H16FN3O3. The molecule has 2 heterocycles. The lowest BCUT2D eigenvalue weighted by Gasteiger charge is -2.18. The van der Waals surface area contributed by atoms with Crippen molar-refractivity contribution in [2.75, 3.05) is 13.1 Å². The number of carbonyl (C=O) groups excluding carboxylic acids is 1. The maximum atomic E-state index is 14.2. The second-order valence-electron chi connectivity index (χ2n) is 5.64. The van der Waals surface area contributed by atoms with E-state index >= 15 is 0 Å². The predicted molar refractivity (Wildman–Crippen MR) is 80.6 cm³/mol. The van der Waals surface area contributed by atoms with Crippen LogP contribution in [-0.4, -0.2) is 50.4 Å². The van der Waals surface area contributed by atoms with Crippen molar-refractivity contribution in [3.63, 3.8) is 0 Å². The summed E-state index contributed by atoms with van der Waals surface area (Å²) in [6.45, 7) is -0.366.